The summed E-state index contributed by atoms with van der Waals surface area (Å²) in [4.78, 5) is 15.1. The van der Waals surface area contributed by atoms with Gasteiger partial charge in [-0.1, -0.05) is 11.6 Å². The maximum absolute atomic E-state index is 12.7. The van der Waals surface area contributed by atoms with E-state index in [1.54, 1.807) is 18.2 Å². The van der Waals surface area contributed by atoms with Gasteiger partial charge in [-0.3, -0.25) is 9.10 Å². The number of benzene rings is 2. The first-order chi connectivity index (χ1) is 14.4. The Bertz CT molecular complexity index is 1020. The van der Waals surface area contributed by atoms with E-state index in [9.17, 15) is 13.2 Å². The summed E-state index contributed by atoms with van der Waals surface area (Å²) in [7, 11) is -3.32. The van der Waals surface area contributed by atoms with Crippen molar-refractivity contribution < 1.29 is 13.2 Å². The van der Waals surface area contributed by atoms with Crippen molar-refractivity contribution in [3.63, 3.8) is 0 Å². The van der Waals surface area contributed by atoms with Crippen LogP contribution in [-0.2, 0) is 10.0 Å². The number of rotatable bonds is 4. The first-order valence-corrected chi connectivity index (χ1v) is 12.4. The van der Waals surface area contributed by atoms with Crippen LogP contribution in [0.25, 0.3) is 0 Å². The van der Waals surface area contributed by atoms with E-state index in [0.717, 1.165) is 25.2 Å². The Hall–Kier alpha value is -2.25. The zero-order valence-electron chi connectivity index (χ0n) is 16.8. The first kappa shape index (κ1) is 21.0. The molecule has 0 saturated carbocycles. The minimum atomic E-state index is -3.32. The molecule has 4 rings (SSSR count). The van der Waals surface area contributed by atoms with E-state index >= 15 is 0 Å². The highest BCUT2D eigenvalue weighted by Gasteiger charge is 2.26. The van der Waals surface area contributed by atoms with Crippen molar-refractivity contribution in [2.45, 2.75) is 32.1 Å². The molecule has 1 N–H and O–H groups in total. The summed E-state index contributed by atoms with van der Waals surface area (Å²) in [5, 5.41) is 3.10. The molecule has 6 nitrogen and oxygen atoms in total. The van der Waals surface area contributed by atoms with E-state index in [0.29, 0.717) is 29.9 Å². The summed E-state index contributed by atoms with van der Waals surface area (Å²) in [6.07, 6.45) is 5.20. The van der Waals surface area contributed by atoms with Crippen LogP contribution in [0.5, 0.6) is 0 Å². The fourth-order valence-electron chi connectivity index (χ4n) is 4.03. The third-order valence-electron chi connectivity index (χ3n) is 5.68. The number of carbonyl (C=O) groups is 1. The third-order valence-corrected chi connectivity index (χ3v) is 7.86. The van der Waals surface area contributed by atoms with Gasteiger partial charge in [0.05, 0.1) is 22.0 Å². The van der Waals surface area contributed by atoms with Crippen molar-refractivity contribution in [1.82, 2.24) is 0 Å². The van der Waals surface area contributed by atoms with Crippen LogP contribution in [0.3, 0.4) is 0 Å². The number of halogens is 1. The number of nitrogens with zero attached hydrogens (tertiary/aromatic N) is 2. The van der Waals surface area contributed by atoms with Gasteiger partial charge in [-0.2, -0.15) is 0 Å². The molecule has 2 aliphatic heterocycles. The van der Waals surface area contributed by atoms with Crippen LogP contribution in [0.15, 0.2) is 42.5 Å². The summed E-state index contributed by atoms with van der Waals surface area (Å²) in [6, 6.07) is 12.6. The molecular formula is C22H26ClN3O3S. The maximum Gasteiger partial charge on any atom is 0.257 e. The third kappa shape index (κ3) is 4.57. The highest BCUT2D eigenvalue weighted by molar-refractivity contribution is 7.92. The standard InChI is InChI=1S/C22H26ClN3O3S/c23-21-16-19(26-14-4-5-15-30(26,28)29)10-11-20(21)22(27)24-17-6-8-18(9-7-17)25-12-2-1-3-13-25/h6-11,16H,1-5,12-15H2,(H,24,27). The number of nitrogens with one attached hydrogen (secondary N) is 1. The Kier molecular flexibility index (Phi) is 6.20. The van der Waals surface area contributed by atoms with Gasteiger partial charge in [0.15, 0.2) is 0 Å². The molecule has 8 heteroatoms. The molecule has 2 fully saturated rings. The van der Waals surface area contributed by atoms with Crippen LogP contribution < -0.4 is 14.5 Å². The zero-order valence-corrected chi connectivity index (χ0v) is 18.4. The van der Waals surface area contributed by atoms with Gasteiger partial charge in [0.1, 0.15) is 0 Å². The number of carbonyl (C=O) groups excluding carboxylic acids is 1. The predicted molar refractivity (Wildman–Crippen MR) is 122 cm³/mol. The minimum absolute atomic E-state index is 0.139. The van der Waals surface area contributed by atoms with Gasteiger partial charge >= 0.3 is 0 Å². The van der Waals surface area contributed by atoms with E-state index in [1.807, 2.05) is 24.3 Å². The number of hydrogen-bond donors (Lipinski definition) is 1. The summed E-state index contributed by atoms with van der Waals surface area (Å²) in [5.74, 6) is -0.181. The molecule has 0 aliphatic carbocycles. The zero-order chi connectivity index (χ0) is 21.1. The number of piperidine rings is 1. The van der Waals surface area contributed by atoms with Crippen molar-refractivity contribution in [3.05, 3.63) is 53.1 Å². The molecule has 0 aromatic heterocycles. The van der Waals surface area contributed by atoms with E-state index < -0.39 is 10.0 Å². The van der Waals surface area contributed by atoms with Crippen LogP contribution >= 0.6 is 11.6 Å². The smallest absolute Gasteiger partial charge is 0.257 e. The maximum atomic E-state index is 12.7. The highest BCUT2D eigenvalue weighted by Crippen LogP contribution is 2.29. The van der Waals surface area contributed by atoms with E-state index in [1.165, 1.54) is 23.6 Å². The second kappa shape index (κ2) is 8.86. The van der Waals surface area contributed by atoms with Gasteiger partial charge in [0.25, 0.3) is 5.91 Å². The summed E-state index contributed by atoms with van der Waals surface area (Å²) in [6.45, 7) is 2.58. The van der Waals surface area contributed by atoms with Gasteiger partial charge in [0.2, 0.25) is 10.0 Å². The average molecular weight is 448 g/mol. The van der Waals surface area contributed by atoms with Crippen molar-refractivity contribution in [2.75, 3.05) is 39.9 Å². The summed E-state index contributed by atoms with van der Waals surface area (Å²) >= 11 is 6.34. The van der Waals surface area contributed by atoms with E-state index in [2.05, 4.69) is 10.2 Å². The van der Waals surface area contributed by atoms with Crippen molar-refractivity contribution in [3.8, 4) is 0 Å². The molecule has 2 aliphatic rings. The lowest BCUT2D eigenvalue weighted by Crippen LogP contribution is -2.37. The Balaban J connectivity index is 1.45. The van der Waals surface area contributed by atoms with Gasteiger partial charge in [0, 0.05) is 31.0 Å². The summed E-state index contributed by atoms with van der Waals surface area (Å²) < 4.78 is 26.0. The second-order valence-electron chi connectivity index (χ2n) is 7.81. The molecule has 0 spiro atoms. The van der Waals surface area contributed by atoms with Crippen LogP contribution in [-0.4, -0.2) is 39.7 Å². The topological polar surface area (TPSA) is 69.7 Å². The minimum Gasteiger partial charge on any atom is -0.372 e. The van der Waals surface area contributed by atoms with Crippen molar-refractivity contribution >= 4 is 44.6 Å². The molecule has 0 radical (unpaired) electrons. The Morgan fingerprint density at radius 3 is 2.20 bits per heavy atom. The molecule has 2 aromatic rings. The normalized spacial score (nSPS) is 18.8. The van der Waals surface area contributed by atoms with Crippen LogP contribution in [0, 0.1) is 0 Å². The Morgan fingerprint density at radius 2 is 1.53 bits per heavy atom. The molecule has 0 atom stereocenters. The number of anilines is 3. The lowest BCUT2D eigenvalue weighted by Gasteiger charge is -2.29. The largest absolute Gasteiger partial charge is 0.372 e. The lowest BCUT2D eigenvalue weighted by molar-refractivity contribution is 0.102. The Labute approximate surface area is 182 Å². The molecule has 30 heavy (non-hydrogen) atoms. The van der Waals surface area contributed by atoms with Gasteiger partial charge in [-0.25, -0.2) is 8.42 Å². The second-order valence-corrected chi connectivity index (χ2v) is 10.2. The summed E-state index contributed by atoms with van der Waals surface area (Å²) in [5.41, 5.74) is 2.68. The monoisotopic (exact) mass is 447 g/mol. The SMILES string of the molecule is O=C(Nc1ccc(N2CCCCC2)cc1)c1ccc(N2CCCCS2(=O)=O)cc1Cl. The molecule has 1 amide bonds. The molecule has 2 saturated heterocycles. The number of sulfonamides is 1. The molecule has 2 heterocycles. The predicted octanol–water partition coefficient (Wildman–Crippen LogP) is 4.51. The molecule has 2 aromatic carbocycles. The lowest BCUT2D eigenvalue weighted by atomic mass is 10.1. The van der Waals surface area contributed by atoms with Crippen LogP contribution in [0.2, 0.25) is 5.02 Å². The molecular weight excluding hydrogens is 422 g/mol. The van der Waals surface area contributed by atoms with Crippen LogP contribution in [0.1, 0.15) is 42.5 Å². The quantitative estimate of drug-likeness (QED) is 0.748. The Morgan fingerprint density at radius 1 is 0.867 bits per heavy atom. The van der Waals surface area contributed by atoms with E-state index in [4.69, 9.17) is 11.6 Å². The average Bonchev–Trinajstić information content (AvgIpc) is 2.74. The van der Waals surface area contributed by atoms with Crippen molar-refractivity contribution in [2.24, 2.45) is 0 Å². The first-order valence-electron chi connectivity index (χ1n) is 10.4. The van der Waals surface area contributed by atoms with Crippen LogP contribution in [0.4, 0.5) is 17.1 Å². The van der Waals surface area contributed by atoms with Gasteiger partial charge in [-0.15, -0.1) is 0 Å². The number of amides is 1. The fraction of sp³-hybridized carbons (Fsp3) is 0.409. The highest BCUT2D eigenvalue weighted by atomic mass is 35.5. The van der Waals surface area contributed by atoms with Gasteiger partial charge < -0.3 is 10.2 Å². The molecule has 160 valence electrons. The molecule has 0 bridgehead atoms. The van der Waals surface area contributed by atoms with E-state index in [-0.39, 0.29) is 16.7 Å². The molecule has 0 unspecified atom stereocenters. The van der Waals surface area contributed by atoms with Crippen molar-refractivity contribution in [1.29, 1.82) is 0 Å². The number of hydrogen-bond acceptors (Lipinski definition) is 4. The van der Waals surface area contributed by atoms with Gasteiger partial charge in [-0.05, 0) is 74.6 Å². The fourth-order valence-corrected chi connectivity index (χ4v) is 5.92.